The molecular formula is C12H14BrNO5S. The minimum atomic E-state index is -1.36. The molecule has 110 valence electrons. The SMILES string of the molecule is CC(=O)SCCC(O)C(O)c1ccc(Br)cc1[N+](=O)[O-]. The highest BCUT2D eigenvalue weighted by Gasteiger charge is 2.26. The summed E-state index contributed by atoms with van der Waals surface area (Å²) >= 11 is 4.15. The Balaban J connectivity index is 2.83. The molecule has 2 unspecified atom stereocenters. The molecule has 0 amide bonds. The average Bonchev–Trinajstić information content (AvgIpc) is 2.37. The Labute approximate surface area is 128 Å². The Morgan fingerprint density at radius 2 is 2.15 bits per heavy atom. The van der Waals surface area contributed by atoms with E-state index in [-0.39, 0.29) is 22.8 Å². The maximum absolute atomic E-state index is 10.9. The lowest BCUT2D eigenvalue weighted by molar-refractivity contribution is -0.386. The summed E-state index contributed by atoms with van der Waals surface area (Å²) in [6.07, 6.45) is -2.36. The van der Waals surface area contributed by atoms with E-state index in [0.29, 0.717) is 10.2 Å². The van der Waals surface area contributed by atoms with Gasteiger partial charge in [-0.3, -0.25) is 14.9 Å². The second-order valence-corrected chi connectivity index (χ2v) is 6.29. The van der Waals surface area contributed by atoms with Crippen LogP contribution in [0.5, 0.6) is 0 Å². The molecule has 0 spiro atoms. The van der Waals surface area contributed by atoms with Crippen LogP contribution in [0.4, 0.5) is 5.69 Å². The number of rotatable bonds is 6. The van der Waals surface area contributed by atoms with Crippen molar-refractivity contribution in [3.8, 4) is 0 Å². The van der Waals surface area contributed by atoms with E-state index in [1.165, 1.54) is 19.1 Å². The number of nitro benzene ring substituents is 1. The first-order valence-corrected chi connectivity index (χ1v) is 7.54. The van der Waals surface area contributed by atoms with Crippen LogP contribution in [0.2, 0.25) is 0 Å². The first kappa shape index (κ1) is 17.1. The van der Waals surface area contributed by atoms with Crippen LogP contribution in [0.3, 0.4) is 0 Å². The van der Waals surface area contributed by atoms with Crippen molar-refractivity contribution in [2.45, 2.75) is 25.6 Å². The number of hydrogen-bond donors (Lipinski definition) is 2. The van der Waals surface area contributed by atoms with Crippen LogP contribution in [-0.2, 0) is 4.79 Å². The zero-order valence-corrected chi connectivity index (χ0v) is 13.1. The van der Waals surface area contributed by atoms with Gasteiger partial charge < -0.3 is 10.2 Å². The monoisotopic (exact) mass is 363 g/mol. The van der Waals surface area contributed by atoms with E-state index in [1.54, 1.807) is 6.07 Å². The Hall–Kier alpha value is -0.960. The number of thioether (sulfide) groups is 1. The van der Waals surface area contributed by atoms with Gasteiger partial charge >= 0.3 is 0 Å². The molecule has 0 aromatic heterocycles. The van der Waals surface area contributed by atoms with E-state index in [2.05, 4.69) is 15.9 Å². The third kappa shape index (κ3) is 4.86. The lowest BCUT2D eigenvalue weighted by Crippen LogP contribution is -2.20. The highest BCUT2D eigenvalue weighted by molar-refractivity contribution is 9.10. The molecule has 0 saturated carbocycles. The van der Waals surface area contributed by atoms with Gasteiger partial charge in [-0.2, -0.15) is 0 Å². The molecule has 1 aromatic rings. The lowest BCUT2D eigenvalue weighted by Gasteiger charge is -2.17. The van der Waals surface area contributed by atoms with Crippen molar-refractivity contribution in [3.63, 3.8) is 0 Å². The predicted molar refractivity (Wildman–Crippen MR) is 79.5 cm³/mol. The van der Waals surface area contributed by atoms with Crippen molar-refractivity contribution < 1.29 is 19.9 Å². The van der Waals surface area contributed by atoms with E-state index < -0.39 is 17.1 Å². The molecule has 2 N–H and O–H groups in total. The van der Waals surface area contributed by atoms with Crippen LogP contribution in [0.15, 0.2) is 22.7 Å². The van der Waals surface area contributed by atoms with Gasteiger partial charge in [0.15, 0.2) is 5.12 Å². The smallest absolute Gasteiger partial charge is 0.276 e. The number of nitro groups is 1. The largest absolute Gasteiger partial charge is 0.390 e. The molecule has 1 rings (SSSR count). The van der Waals surface area contributed by atoms with E-state index in [1.807, 2.05) is 0 Å². The summed E-state index contributed by atoms with van der Waals surface area (Å²) in [5.41, 5.74) is -0.205. The number of benzene rings is 1. The van der Waals surface area contributed by atoms with Crippen molar-refractivity contribution in [2.24, 2.45) is 0 Å². The van der Waals surface area contributed by atoms with Gasteiger partial charge in [0.2, 0.25) is 0 Å². The van der Waals surface area contributed by atoms with Gasteiger partial charge in [-0.15, -0.1) is 0 Å². The maximum Gasteiger partial charge on any atom is 0.276 e. The van der Waals surface area contributed by atoms with Gasteiger partial charge in [-0.1, -0.05) is 27.7 Å². The summed E-state index contributed by atoms with van der Waals surface area (Å²) in [4.78, 5) is 21.1. The molecular weight excluding hydrogens is 350 g/mol. The fraction of sp³-hybridized carbons (Fsp3) is 0.417. The van der Waals surface area contributed by atoms with Crippen molar-refractivity contribution in [3.05, 3.63) is 38.3 Å². The third-order valence-electron chi connectivity index (χ3n) is 2.59. The van der Waals surface area contributed by atoms with Crippen LogP contribution in [-0.4, -0.2) is 32.1 Å². The summed E-state index contributed by atoms with van der Waals surface area (Å²) < 4.78 is 0.516. The Kier molecular flexibility index (Phi) is 6.60. The first-order chi connectivity index (χ1) is 9.32. The molecule has 0 aliphatic rings. The number of aliphatic hydroxyl groups excluding tert-OH is 2. The molecule has 6 nitrogen and oxygen atoms in total. The van der Waals surface area contributed by atoms with Gasteiger partial charge in [0.05, 0.1) is 16.6 Å². The number of hydrogen-bond acceptors (Lipinski definition) is 6. The normalized spacial score (nSPS) is 13.8. The summed E-state index contributed by atoms with van der Waals surface area (Å²) in [6.45, 7) is 1.41. The molecule has 0 radical (unpaired) electrons. The molecule has 8 heteroatoms. The zero-order valence-electron chi connectivity index (χ0n) is 10.7. The van der Waals surface area contributed by atoms with Crippen LogP contribution in [0.25, 0.3) is 0 Å². The summed E-state index contributed by atoms with van der Waals surface area (Å²) in [5.74, 6) is 0.345. The summed E-state index contributed by atoms with van der Waals surface area (Å²) in [6, 6.07) is 4.23. The van der Waals surface area contributed by atoms with Crippen LogP contribution in [0.1, 0.15) is 25.0 Å². The van der Waals surface area contributed by atoms with E-state index in [0.717, 1.165) is 11.8 Å². The van der Waals surface area contributed by atoms with Crippen LogP contribution < -0.4 is 0 Å². The van der Waals surface area contributed by atoms with Gasteiger partial charge in [0, 0.05) is 23.2 Å². The average molecular weight is 364 g/mol. The second-order valence-electron chi connectivity index (χ2n) is 4.10. The van der Waals surface area contributed by atoms with Crippen LogP contribution in [0, 0.1) is 10.1 Å². The zero-order chi connectivity index (χ0) is 15.3. The Bertz CT molecular complexity index is 511. The molecule has 0 bridgehead atoms. The molecule has 1 aromatic carbocycles. The minimum Gasteiger partial charge on any atom is -0.390 e. The molecule has 0 saturated heterocycles. The van der Waals surface area contributed by atoms with E-state index >= 15 is 0 Å². The highest BCUT2D eigenvalue weighted by atomic mass is 79.9. The van der Waals surface area contributed by atoms with Gasteiger partial charge in [-0.05, 0) is 18.6 Å². The third-order valence-corrected chi connectivity index (χ3v) is 3.93. The van der Waals surface area contributed by atoms with Gasteiger partial charge in [0.25, 0.3) is 5.69 Å². The molecule has 0 heterocycles. The minimum absolute atomic E-state index is 0.0542. The van der Waals surface area contributed by atoms with E-state index in [9.17, 15) is 25.1 Å². The molecule has 0 aliphatic carbocycles. The molecule has 0 aliphatic heterocycles. The lowest BCUT2D eigenvalue weighted by atomic mass is 10.0. The number of nitrogens with zero attached hydrogens (tertiary/aromatic N) is 1. The topological polar surface area (TPSA) is 101 Å². The number of aliphatic hydroxyl groups is 2. The van der Waals surface area contributed by atoms with Crippen molar-refractivity contribution in [1.82, 2.24) is 0 Å². The van der Waals surface area contributed by atoms with Crippen molar-refractivity contribution in [1.29, 1.82) is 0 Å². The molecule has 2 atom stereocenters. The van der Waals surface area contributed by atoms with Crippen molar-refractivity contribution in [2.75, 3.05) is 5.75 Å². The maximum atomic E-state index is 10.9. The van der Waals surface area contributed by atoms with Crippen LogP contribution >= 0.6 is 27.7 Å². The predicted octanol–water partition coefficient (Wildman–Crippen LogP) is 2.42. The fourth-order valence-corrected chi connectivity index (χ4v) is 2.61. The first-order valence-electron chi connectivity index (χ1n) is 5.76. The standard InChI is InChI=1S/C12H14BrNO5S/c1-7(15)20-5-4-11(16)12(17)9-3-2-8(13)6-10(9)14(18)19/h2-3,6,11-12,16-17H,4-5H2,1H3. The Morgan fingerprint density at radius 3 is 2.70 bits per heavy atom. The molecule has 0 fully saturated rings. The number of carbonyl (C=O) groups excluding carboxylic acids is 1. The van der Waals surface area contributed by atoms with Crippen molar-refractivity contribution >= 4 is 38.5 Å². The summed E-state index contributed by atoms with van der Waals surface area (Å²) in [7, 11) is 0. The molecule has 20 heavy (non-hydrogen) atoms. The number of halogens is 1. The second kappa shape index (κ2) is 7.72. The number of carbonyl (C=O) groups is 1. The quantitative estimate of drug-likeness (QED) is 0.594. The van der Waals surface area contributed by atoms with Gasteiger partial charge in [0.1, 0.15) is 6.10 Å². The van der Waals surface area contributed by atoms with E-state index in [4.69, 9.17) is 0 Å². The van der Waals surface area contributed by atoms with Gasteiger partial charge in [-0.25, -0.2) is 0 Å². The Morgan fingerprint density at radius 1 is 1.50 bits per heavy atom. The highest BCUT2D eigenvalue weighted by Crippen LogP contribution is 2.31. The fourth-order valence-electron chi connectivity index (χ4n) is 1.61. The summed E-state index contributed by atoms with van der Waals surface area (Å²) in [5, 5.41) is 30.7.